The molecule has 0 bridgehead atoms. The van der Waals surface area contributed by atoms with Crippen LogP contribution in [0.25, 0.3) is 0 Å². The number of hydrogen-bond donors (Lipinski definition) is 0. The molecule has 0 aromatic carbocycles. The first-order valence-corrected chi connectivity index (χ1v) is 3.70. The molecule has 2 fully saturated rings. The monoisotopic (exact) mass is 142 g/mol. The molecule has 2 saturated heterocycles. The van der Waals surface area contributed by atoms with Crippen LogP contribution in [0.3, 0.4) is 0 Å². The molecule has 0 saturated carbocycles. The van der Waals surface area contributed by atoms with Crippen molar-refractivity contribution in [1.29, 1.82) is 0 Å². The Kier molecular flexibility index (Phi) is 1.27. The van der Waals surface area contributed by atoms with E-state index in [4.69, 9.17) is 4.74 Å². The lowest BCUT2D eigenvalue weighted by atomic mass is 9.78. The lowest BCUT2D eigenvalue weighted by Gasteiger charge is -2.55. The zero-order valence-electron chi connectivity index (χ0n) is 6.17. The van der Waals surface area contributed by atoms with Crippen LogP contribution in [0.1, 0.15) is 6.92 Å². The number of nitrogens with zero attached hydrogens (tertiary/aromatic N) is 1. The van der Waals surface area contributed by atoms with Crippen molar-refractivity contribution in [3.63, 3.8) is 0 Å². The van der Waals surface area contributed by atoms with Crippen molar-refractivity contribution >= 4 is 0 Å². The Morgan fingerprint density at radius 1 is 1.50 bits per heavy atom. The van der Waals surface area contributed by atoms with Crippen molar-refractivity contribution < 1.29 is 9.84 Å². The molecule has 3 heteroatoms. The van der Waals surface area contributed by atoms with Gasteiger partial charge in [0.25, 0.3) is 0 Å². The molecule has 2 aliphatic rings. The zero-order chi connectivity index (χ0) is 7.19. The van der Waals surface area contributed by atoms with E-state index in [1.807, 2.05) is 4.90 Å². The maximum atomic E-state index is 10.8. The van der Waals surface area contributed by atoms with Crippen LogP contribution < -0.4 is 0 Å². The Labute approximate surface area is 60.6 Å². The molecule has 10 heavy (non-hydrogen) atoms. The van der Waals surface area contributed by atoms with Crippen LogP contribution in [-0.2, 0) is 9.84 Å². The first kappa shape index (κ1) is 6.58. The van der Waals surface area contributed by atoms with E-state index >= 15 is 0 Å². The highest BCUT2D eigenvalue weighted by Gasteiger charge is 2.50. The van der Waals surface area contributed by atoms with Crippen molar-refractivity contribution in [1.82, 2.24) is 4.90 Å². The van der Waals surface area contributed by atoms with Gasteiger partial charge in [0.2, 0.25) is 0 Å². The molecule has 57 valence electrons. The molecule has 0 aromatic rings. The van der Waals surface area contributed by atoms with Gasteiger partial charge in [0, 0.05) is 18.5 Å². The van der Waals surface area contributed by atoms with Crippen molar-refractivity contribution in [2.45, 2.75) is 13.2 Å². The lowest BCUT2D eigenvalue weighted by Crippen LogP contribution is -2.67. The number of likely N-dealkylation sites (tertiary alicyclic amines) is 1. The van der Waals surface area contributed by atoms with Gasteiger partial charge >= 0.3 is 0 Å². The summed E-state index contributed by atoms with van der Waals surface area (Å²) in [5, 5.41) is 10.8. The second-order valence-electron chi connectivity index (χ2n) is 3.50. The highest BCUT2D eigenvalue weighted by Crippen LogP contribution is 2.38. The van der Waals surface area contributed by atoms with E-state index < -0.39 is 6.23 Å². The molecule has 2 aliphatic heterocycles. The minimum Gasteiger partial charge on any atom is -0.380 e. The Morgan fingerprint density at radius 3 is 2.40 bits per heavy atom. The predicted octanol–water partition coefficient (Wildman–Crippen LogP) is 0.0951. The predicted molar refractivity (Wildman–Crippen MR) is 35.0 cm³/mol. The SMILES string of the molecule is CC([O])N1CC2(COC2)C1. The molecular weight excluding hydrogens is 130 g/mol. The number of rotatable bonds is 1. The minimum atomic E-state index is -0.522. The quantitative estimate of drug-likeness (QED) is 0.520. The zero-order valence-corrected chi connectivity index (χ0v) is 6.17. The summed E-state index contributed by atoms with van der Waals surface area (Å²) < 4.78 is 5.08. The maximum absolute atomic E-state index is 10.8. The van der Waals surface area contributed by atoms with Gasteiger partial charge in [-0.3, -0.25) is 4.90 Å². The van der Waals surface area contributed by atoms with Crippen molar-refractivity contribution in [2.75, 3.05) is 26.3 Å². The maximum Gasteiger partial charge on any atom is 0.143 e. The highest BCUT2D eigenvalue weighted by atomic mass is 16.5. The van der Waals surface area contributed by atoms with Crippen LogP contribution in [-0.4, -0.2) is 37.4 Å². The molecule has 0 N–H and O–H groups in total. The van der Waals surface area contributed by atoms with Gasteiger partial charge in [-0.15, -0.1) is 0 Å². The average Bonchev–Trinajstić information content (AvgIpc) is 1.54. The van der Waals surface area contributed by atoms with Gasteiger partial charge in [-0.05, 0) is 6.92 Å². The van der Waals surface area contributed by atoms with Crippen LogP contribution in [0, 0.1) is 5.41 Å². The van der Waals surface area contributed by atoms with E-state index in [9.17, 15) is 5.11 Å². The Bertz CT molecular complexity index is 135. The fourth-order valence-electron chi connectivity index (χ4n) is 1.65. The summed E-state index contributed by atoms with van der Waals surface area (Å²) in [6.07, 6.45) is -0.522. The normalized spacial score (nSPS) is 33.0. The molecule has 1 spiro atoms. The topological polar surface area (TPSA) is 32.4 Å². The Balaban J connectivity index is 1.82. The summed E-state index contributed by atoms with van der Waals surface area (Å²) in [5.74, 6) is 0. The molecule has 1 unspecified atom stereocenters. The van der Waals surface area contributed by atoms with Crippen molar-refractivity contribution in [3.8, 4) is 0 Å². The fraction of sp³-hybridized carbons (Fsp3) is 1.00. The van der Waals surface area contributed by atoms with Gasteiger partial charge in [0.1, 0.15) is 6.23 Å². The van der Waals surface area contributed by atoms with Gasteiger partial charge in [-0.2, -0.15) is 0 Å². The molecular formula is C7H12NO2. The molecule has 2 heterocycles. The largest absolute Gasteiger partial charge is 0.380 e. The van der Waals surface area contributed by atoms with Gasteiger partial charge in [-0.25, -0.2) is 5.11 Å². The van der Waals surface area contributed by atoms with Crippen LogP contribution in [0.4, 0.5) is 0 Å². The highest BCUT2D eigenvalue weighted by molar-refractivity contribution is 4.99. The lowest BCUT2D eigenvalue weighted by molar-refractivity contribution is -0.227. The second-order valence-corrected chi connectivity index (χ2v) is 3.50. The van der Waals surface area contributed by atoms with Crippen LogP contribution in [0.5, 0.6) is 0 Å². The minimum absolute atomic E-state index is 0.401. The summed E-state index contributed by atoms with van der Waals surface area (Å²) in [6, 6.07) is 0. The summed E-state index contributed by atoms with van der Waals surface area (Å²) in [5.41, 5.74) is 0.401. The second kappa shape index (κ2) is 1.94. The van der Waals surface area contributed by atoms with Crippen molar-refractivity contribution in [2.24, 2.45) is 5.41 Å². The standard InChI is InChI=1S/C7H12NO2/c1-6(9)8-2-7(3-8)4-10-5-7/h6H,2-5H2,1H3. The summed E-state index contributed by atoms with van der Waals surface area (Å²) in [4.78, 5) is 1.95. The molecule has 1 atom stereocenters. The smallest absolute Gasteiger partial charge is 0.143 e. The molecule has 3 nitrogen and oxygen atoms in total. The first-order chi connectivity index (χ1) is 4.72. The van der Waals surface area contributed by atoms with Crippen LogP contribution in [0.2, 0.25) is 0 Å². The van der Waals surface area contributed by atoms with E-state index in [-0.39, 0.29) is 0 Å². The van der Waals surface area contributed by atoms with E-state index in [0.29, 0.717) is 5.41 Å². The van der Waals surface area contributed by atoms with E-state index in [0.717, 1.165) is 26.3 Å². The summed E-state index contributed by atoms with van der Waals surface area (Å²) in [7, 11) is 0. The van der Waals surface area contributed by atoms with E-state index in [2.05, 4.69) is 0 Å². The van der Waals surface area contributed by atoms with Crippen LogP contribution >= 0.6 is 0 Å². The molecule has 1 radical (unpaired) electrons. The molecule has 0 aromatic heterocycles. The molecule has 0 amide bonds. The van der Waals surface area contributed by atoms with E-state index in [1.54, 1.807) is 6.92 Å². The molecule has 0 aliphatic carbocycles. The third-order valence-corrected chi connectivity index (χ3v) is 2.41. The van der Waals surface area contributed by atoms with Gasteiger partial charge < -0.3 is 4.74 Å². The van der Waals surface area contributed by atoms with E-state index in [1.165, 1.54) is 0 Å². The third kappa shape index (κ3) is 0.779. The van der Waals surface area contributed by atoms with Gasteiger partial charge in [-0.1, -0.05) is 0 Å². The average molecular weight is 142 g/mol. The van der Waals surface area contributed by atoms with Gasteiger partial charge in [0.05, 0.1) is 13.2 Å². The Morgan fingerprint density at radius 2 is 2.10 bits per heavy atom. The molecule has 2 rings (SSSR count). The Hall–Kier alpha value is -0.120. The van der Waals surface area contributed by atoms with Gasteiger partial charge in [0.15, 0.2) is 0 Å². The van der Waals surface area contributed by atoms with Crippen LogP contribution in [0.15, 0.2) is 0 Å². The summed E-state index contributed by atoms with van der Waals surface area (Å²) in [6.45, 7) is 5.36. The first-order valence-electron chi connectivity index (χ1n) is 3.70. The third-order valence-electron chi connectivity index (χ3n) is 2.41. The number of hydrogen-bond acceptors (Lipinski definition) is 2. The summed E-state index contributed by atoms with van der Waals surface area (Å²) >= 11 is 0. The number of ether oxygens (including phenoxy) is 1. The van der Waals surface area contributed by atoms with Crippen molar-refractivity contribution in [3.05, 3.63) is 0 Å². The fourth-order valence-corrected chi connectivity index (χ4v) is 1.65.